The molecular formula is C29H21N5O2S. The number of nitrogens with zero attached hydrogens (tertiary/aromatic N) is 3. The van der Waals surface area contributed by atoms with Crippen LogP contribution in [0, 0.1) is 0 Å². The Morgan fingerprint density at radius 1 is 0.892 bits per heavy atom. The summed E-state index contributed by atoms with van der Waals surface area (Å²) >= 11 is 1.58. The van der Waals surface area contributed by atoms with Gasteiger partial charge in [-0.15, -0.1) is 11.3 Å². The molecule has 7 nitrogen and oxygen atoms in total. The Kier molecular flexibility index (Phi) is 5.92. The van der Waals surface area contributed by atoms with Crippen LogP contribution in [-0.4, -0.2) is 21.8 Å². The minimum Gasteiger partial charge on any atom is -0.338 e. The van der Waals surface area contributed by atoms with E-state index in [9.17, 15) is 9.59 Å². The lowest BCUT2D eigenvalue weighted by Crippen LogP contribution is -2.30. The minimum atomic E-state index is -0.257. The van der Waals surface area contributed by atoms with E-state index in [1.165, 1.54) is 6.20 Å². The van der Waals surface area contributed by atoms with Crippen molar-refractivity contribution in [2.45, 2.75) is 6.54 Å². The molecule has 2 aromatic carbocycles. The highest BCUT2D eigenvalue weighted by Gasteiger charge is 2.25. The van der Waals surface area contributed by atoms with Crippen LogP contribution >= 0.6 is 11.3 Å². The van der Waals surface area contributed by atoms with Crippen molar-refractivity contribution in [3.63, 3.8) is 0 Å². The number of para-hydroxylation sites is 2. The first-order chi connectivity index (χ1) is 18.2. The van der Waals surface area contributed by atoms with Gasteiger partial charge in [0.2, 0.25) is 0 Å². The molecule has 1 aliphatic rings. The van der Waals surface area contributed by atoms with E-state index >= 15 is 0 Å². The lowest BCUT2D eigenvalue weighted by Gasteiger charge is -2.22. The Hall–Kier alpha value is -4.82. The fourth-order valence-corrected chi connectivity index (χ4v) is 5.09. The van der Waals surface area contributed by atoms with Crippen molar-refractivity contribution in [1.29, 1.82) is 0 Å². The molecule has 0 radical (unpaired) electrons. The molecule has 37 heavy (non-hydrogen) atoms. The smallest absolute Gasteiger partial charge is 0.260 e. The van der Waals surface area contributed by atoms with Crippen LogP contribution in [-0.2, 0) is 6.54 Å². The van der Waals surface area contributed by atoms with Gasteiger partial charge in [0.1, 0.15) is 11.6 Å². The molecule has 180 valence electrons. The number of fused-ring (bicyclic) bond motifs is 2. The normalized spacial score (nSPS) is 12.1. The number of rotatable bonds is 4. The number of pyridine rings is 2. The fourth-order valence-electron chi connectivity index (χ4n) is 4.32. The Balaban J connectivity index is 1.24. The third-order valence-electron chi connectivity index (χ3n) is 6.12. The zero-order chi connectivity index (χ0) is 25.2. The lowest BCUT2D eigenvalue weighted by atomic mass is 10.1. The molecule has 0 aliphatic carbocycles. The fraction of sp³-hybridized carbons (Fsp3) is 0.0345. The van der Waals surface area contributed by atoms with Gasteiger partial charge in [0.25, 0.3) is 11.8 Å². The third kappa shape index (κ3) is 4.46. The average molecular weight is 504 g/mol. The molecule has 1 aliphatic heterocycles. The molecule has 2 N–H and O–H groups in total. The van der Waals surface area contributed by atoms with E-state index in [4.69, 9.17) is 0 Å². The van der Waals surface area contributed by atoms with Gasteiger partial charge in [-0.3, -0.25) is 9.59 Å². The Morgan fingerprint density at radius 3 is 2.59 bits per heavy atom. The number of hydrogen-bond acceptors (Lipinski definition) is 6. The summed E-state index contributed by atoms with van der Waals surface area (Å²) in [7, 11) is 0. The maximum atomic E-state index is 13.6. The van der Waals surface area contributed by atoms with Crippen molar-refractivity contribution in [3.8, 4) is 10.4 Å². The predicted molar refractivity (Wildman–Crippen MR) is 146 cm³/mol. The van der Waals surface area contributed by atoms with Crippen LogP contribution in [0.1, 0.15) is 26.3 Å². The molecule has 0 unspecified atom stereocenters. The first-order valence-electron chi connectivity index (χ1n) is 11.7. The maximum absolute atomic E-state index is 13.6. The summed E-state index contributed by atoms with van der Waals surface area (Å²) in [5, 5.41) is 8.17. The van der Waals surface area contributed by atoms with Crippen LogP contribution in [0.5, 0.6) is 0 Å². The van der Waals surface area contributed by atoms with Crippen LogP contribution in [0.2, 0.25) is 0 Å². The summed E-state index contributed by atoms with van der Waals surface area (Å²) in [5.41, 5.74) is 4.31. The summed E-state index contributed by atoms with van der Waals surface area (Å²) in [6, 6.07) is 26.2. The molecule has 4 heterocycles. The van der Waals surface area contributed by atoms with Crippen molar-refractivity contribution < 1.29 is 9.59 Å². The van der Waals surface area contributed by atoms with Gasteiger partial charge in [0.15, 0.2) is 0 Å². The molecule has 2 amide bonds. The van der Waals surface area contributed by atoms with E-state index in [0.717, 1.165) is 33.2 Å². The highest BCUT2D eigenvalue weighted by atomic mass is 32.1. The van der Waals surface area contributed by atoms with Crippen LogP contribution < -0.4 is 15.5 Å². The van der Waals surface area contributed by atoms with E-state index in [-0.39, 0.29) is 11.8 Å². The molecule has 8 heteroatoms. The Bertz CT molecular complexity index is 1600. The molecule has 0 saturated carbocycles. The number of thiophene rings is 1. The summed E-state index contributed by atoms with van der Waals surface area (Å²) in [5.74, 6) is 0.644. The highest BCUT2D eigenvalue weighted by molar-refractivity contribution is 7.13. The molecule has 0 saturated heterocycles. The Morgan fingerprint density at radius 2 is 1.76 bits per heavy atom. The van der Waals surface area contributed by atoms with E-state index in [0.29, 0.717) is 23.5 Å². The number of amides is 2. The summed E-state index contributed by atoms with van der Waals surface area (Å²) in [6.07, 6.45) is 3.22. The van der Waals surface area contributed by atoms with Crippen LogP contribution in [0.3, 0.4) is 0 Å². The van der Waals surface area contributed by atoms with Crippen LogP contribution in [0.25, 0.3) is 10.4 Å². The monoisotopic (exact) mass is 503 g/mol. The van der Waals surface area contributed by atoms with Gasteiger partial charge in [-0.05, 0) is 47.8 Å². The molecule has 5 aromatic rings. The molecule has 6 rings (SSSR count). The average Bonchev–Trinajstić information content (AvgIpc) is 3.42. The number of aromatic nitrogens is 2. The van der Waals surface area contributed by atoms with E-state index in [1.807, 2.05) is 72.1 Å². The van der Waals surface area contributed by atoms with Crippen molar-refractivity contribution in [2.75, 3.05) is 15.5 Å². The van der Waals surface area contributed by atoms with Gasteiger partial charge in [-0.1, -0.05) is 42.5 Å². The summed E-state index contributed by atoms with van der Waals surface area (Å²) in [4.78, 5) is 38.2. The second kappa shape index (κ2) is 9.67. The second-order valence-electron chi connectivity index (χ2n) is 8.45. The standard InChI is InChI=1S/C29H21N5O2S/c35-28(22-9-2-1-8-21(22)25-12-6-16-37-25)33-26-14-13-19(17-31-26)29(36)34-18-20-7-5-15-30-27(20)32-23-10-3-4-11-24(23)34/h1-17H,18H2,(H,30,32)(H,31,33,35). The zero-order valence-electron chi connectivity index (χ0n) is 19.6. The first-order valence-corrected chi connectivity index (χ1v) is 12.6. The molecule has 0 atom stereocenters. The van der Waals surface area contributed by atoms with Crippen molar-refractivity contribution >= 4 is 46.2 Å². The molecule has 3 aromatic heterocycles. The molecule has 0 spiro atoms. The topological polar surface area (TPSA) is 87.2 Å². The number of hydrogen-bond donors (Lipinski definition) is 2. The van der Waals surface area contributed by atoms with Crippen LogP contribution in [0.15, 0.2) is 103 Å². The zero-order valence-corrected chi connectivity index (χ0v) is 20.4. The largest absolute Gasteiger partial charge is 0.338 e. The SMILES string of the molecule is O=C(Nc1ccc(C(=O)N2Cc3cccnc3Nc3ccccc32)cn1)c1ccccc1-c1cccs1. The van der Waals surface area contributed by atoms with Gasteiger partial charge in [-0.25, -0.2) is 9.97 Å². The maximum Gasteiger partial charge on any atom is 0.260 e. The summed E-state index contributed by atoms with van der Waals surface area (Å²) < 4.78 is 0. The molecular weight excluding hydrogens is 482 g/mol. The third-order valence-corrected chi connectivity index (χ3v) is 7.03. The molecule has 0 fully saturated rings. The molecule has 0 bridgehead atoms. The number of nitrogens with one attached hydrogen (secondary N) is 2. The first kappa shape index (κ1) is 22.6. The number of anilines is 4. The number of benzene rings is 2. The van der Waals surface area contributed by atoms with Gasteiger partial charge >= 0.3 is 0 Å². The van der Waals surface area contributed by atoms with Crippen molar-refractivity contribution in [2.24, 2.45) is 0 Å². The van der Waals surface area contributed by atoms with E-state index in [2.05, 4.69) is 20.6 Å². The van der Waals surface area contributed by atoms with Gasteiger partial charge < -0.3 is 15.5 Å². The second-order valence-corrected chi connectivity index (χ2v) is 9.40. The van der Waals surface area contributed by atoms with Crippen molar-refractivity contribution in [3.05, 3.63) is 119 Å². The highest BCUT2D eigenvalue weighted by Crippen LogP contribution is 2.35. The summed E-state index contributed by atoms with van der Waals surface area (Å²) in [6.45, 7) is 0.365. The quantitative estimate of drug-likeness (QED) is 0.298. The van der Waals surface area contributed by atoms with Gasteiger partial charge in [0.05, 0.1) is 23.5 Å². The van der Waals surface area contributed by atoms with Crippen molar-refractivity contribution in [1.82, 2.24) is 9.97 Å². The lowest BCUT2D eigenvalue weighted by molar-refractivity contribution is 0.0984. The van der Waals surface area contributed by atoms with Gasteiger partial charge in [0, 0.05) is 34.0 Å². The Labute approximate surface area is 217 Å². The minimum absolute atomic E-state index is 0.195. The van der Waals surface area contributed by atoms with Gasteiger partial charge in [-0.2, -0.15) is 0 Å². The predicted octanol–water partition coefficient (Wildman–Crippen LogP) is 6.36. The number of carbonyl (C=O) groups is 2. The van der Waals surface area contributed by atoms with E-state index < -0.39 is 0 Å². The number of carbonyl (C=O) groups excluding carboxylic acids is 2. The van der Waals surface area contributed by atoms with E-state index in [1.54, 1.807) is 40.6 Å². The van der Waals surface area contributed by atoms with Crippen LogP contribution in [0.4, 0.5) is 23.0 Å².